The van der Waals surface area contributed by atoms with Crippen molar-refractivity contribution in [2.45, 2.75) is 5.75 Å². The van der Waals surface area contributed by atoms with Crippen molar-refractivity contribution in [3.05, 3.63) is 35.9 Å². The number of thioether (sulfide) groups is 1. The van der Waals surface area contributed by atoms with Gasteiger partial charge in [-0.05, 0) is 5.56 Å². The van der Waals surface area contributed by atoms with Crippen molar-refractivity contribution < 1.29 is 8.42 Å². The molecular weight excluding hydrogens is 254 g/mol. The van der Waals surface area contributed by atoms with Gasteiger partial charge in [-0.2, -0.15) is 11.8 Å². The van der Waals surface area contributed by atoms with Gasteiger partial charge < -0.3 is 0 Å². The Labute approximate surface area is 106 Å². The maximum atomic E-state index is 12.1. The Morgan fingerprint density at radius 2 is 1.82 bits per heavy atom. The van der Waals surface area contributed by atoms with Crippen LogP contribution in [-0.2, 0) is 15.8 Å². The SMILES string of the molecule is O=S(=O)(Cc1ccccc1)N1CC2(CSC2)C1. The van der Waals surface area contributed by atoms with E-state index in [1.807, 2.05) is 42.1 Å². The van der Waals surface area contributed by atoms with E-state index in [1.54, 1.807) is 4.31 Å². The average Bonchev–Trinajstić information content (AvgIpc) is 2.13. The summed E-state index contributed by atoms with van der Waals surface area (Å²) in [4.78, 5) is 0. The zero-order valence-electron chi connectivity index (χ0n) is 9.50. The predicted octanol–water partition coefficient (Wildman–Crippen LogP) is 1.57. The zero-order chi connectivity index (χ0) is 11.9. The number of hydrogen-bond acceptors (Lipinski definition) is 3. The molecule has 3 rings (SSSR count). The molecule has 0 amide bonds. The molecule has 3 nitrogen and oxygen atoms in total. The molecular formula is C12H15NO2S2. The Morgan fingerprint density at radius 3 is 2.35 bits per heavy atom. The standard InChI is InChI=1S/C12H15NO2S2/c14-17(15,6-11-4-2-1-3-5-11)13-7-12(8-13)9-16-10-12/h1-5H,6-10H2. The van der Waals surface area contributed by atoms with Crippen LogP contribution in [0.1, 0.15) is 5.56 Å². The Balaban J connectivity index is 1.67. The van der Waals surface area contributed by atoms with Crippen molar-refractivity contribution in [1.82, 2.24) is 4.31 Å². The average molecular weight is 269 g/mol. The second-order valence-electron chi connectivity index (χ2n) is 5.00. The van der Waals surface area contributed by atoms with Gasteiger partial charge in [0.15, 0.2) is 0 Å². The van der Waals surface area contributed by atoms with Crippen LogP contribution in [0.2, 0.25) is 0 Å². The first kappa shape index (κ1) is 11.6. The summed E-state index contributed by atoms with van der Waals surface area (Å²) >= 11 is 1.91. The molecule has 17 heavy (non-hydrogen) atoms. The molecule has 0 atom stereocenters. The van der Waals surface area contributed by atoms with Crippen LogP contribution in [0.25, 0.3) is 0 Å². The van der Waals surface area contributed by atoms with Crippen molar-refractivity contribution in [2.75, 3.05) is 24.6 Å². The van der Waals surface area contributed by atoms with Crippen LogP contribution in [0.5, 0.6) is 0 Å². The van der Waals surface area contributed by atoms with E-state index in [2.05, 4.69) is 0 Å². The summed E-state index contributed by atoms with van der Waals surface area (Å²) < 4.78 is 25.9. The summed E-state index contributed by atoms with van der Waals surface area (Å²) in [5.41, 5.74) is 1.20. The van der Waals surface area contributed by atoms with Crippen LogP contribution in [0, 0.1) is 5.41 Å². The molecule has 2 fully saturated rings. The van der Waals surface area contributed by atoms with E-state index >= 15 is 0 Å². The van der Waals surface area contributed by atoms with Crippen molar-refractivity contribution in [1.29, 1.82) is 0 Å². The molecule has 0 aliphatic carbocycles. The maximum Gasteiger partial charge on any atom is 0.218 e. The smallest absolute Gasteiger partial charge is 0.212 e. The van der Waals surface area contributed by atoms with E-state index in [9.17, 15) is 8.42 Å². The van der Waals surface area contributed by atoms with Gasteiger partial charge in [-0.25, -0.2) is 12.7 Å². The topological polar surface area (TPSA) is 37.4 Å². The van der Waals surface area contributed by atoms with E-state index in [-0.39, 0.29) is 5.75 Å². The molecule has 5 heteroatoms. The molecule has 2 heterocycles. The lowest BCUT2D eigenvalue weighted by atomic mass is 9.85. The van der Waals surface area contributed by atoms with E-state index < -0.39 is 10.0 Å². The van der Waals surface area contributed by atoms with Gasteiger partial charge in [0.1, 0.15) is 0 Å². The molecule has 2 saturated heterocycles. The molecule has 0 saturated carbocycles. The Morgan fingerprint density at radius 1 is 1.18 bits per heavy atom. The summed E-state index contributed by atoms with van der Waals surface area (Å²) in [6.45, 7) is 1.46. The van der Waals surface area contributed by atoms with Gasteiger partial charge in [0.05, 0.1) is 5.75 Å². The van der Waals surface area contributed by atoms with Crippen molar-refractivity contribution in [3.8, 4) is 0 Å². The molecule has 0 unspecified atom stereocenters. The third-order valence-electron chi connectivity index (χ3n) is 3.43. The predicted molar refractivity (Wildman–Crippen MR) is 70.4 cm³/mol. The van der Waals surface area contributed by atoms with Gasteiger partial charge >= 0.3 is 0 Å². The molecule has 1 aromatic rings. The zero-order valence-corrected chi connectivity index (χ0v) is 11.1. The quantitative estimate of drug-likeness (QED) is 0.836. The molecule has 92 valence electrons. The molecule has 2 aliphatic rings. The number of benzene rings is 1. The summed E-state index contributed by atoms with van der Waals surface area (Å²) in [6.07, 6.45) is 0. The fraction of sp³-hybridized carbons (Fsp3) is 0.500. The molecule has 0 aromatic heterocycles. The van der Waals surface area contributed by atoms with Crippen LogP contribution in [0.15, 0.2) is 30.3 Å². The van der Waals surface area contributed by atoms with E-state index in [0.717, 1.165) is 30.2 Å². The first-order valence-electron chi connectivity index (χ1n) is 5.69. The largest absolute Gasteiger partial charge is 0.218 e. The van der Waals surface area contributed by atoms with Crippen LogP contribution in [-0.4, -0.2) is 37.3 Å². The fourth-order valence-electron chi connectivity index (χ4n) is 2.35. The van der Waals surface area contributed by atoms with E-state index in [4.69, 9.17) is 0 Å². The highest BCUT2D eigenvalue weighted by molar-refractivity contribution is 8.00. The lowest BCUT2D eigenvalue weighted by molar-refractivity contribution is 0.109. The number of sulfonamides is 1. The Kier molecular flexibility index (Phi) is 2.72. The molecule has 0 bridgehead atoms. The molecule has 1 spiro atoms. The molecule has 0 N–H and O–H groups in total. The maximum absolute atomic E-state index is 12.1. The van der Waals surface area contributed by atoms with Gasteiger partial charge in [0.25, 0.3) is 0 Å². The number of nitrogens with zero attached hydrogens (tertiary/aromatic N) is 1. The Bertz CT molecular complexity index is 501. The summed E-state index contributed by atoms with van der Waals surface area (Å²) in [6, 6.07) is 9.40. The van der Waals surface area contributed by atoms with Crippen LogP contribution in [0.4, 0.5) is 0 Å². The van der Waals surface area contributed by atoms with Crippen molar-refractivity contribution in [3.63, 3.8) is 0 Å². The van der Waals surface area contributed by atoms with Gasteiger partial charge in [-0.3, -0.25) is 0 Å². The van der Waals surface area contributed by atoms with Crippen LogP contribution < -0.4 is 0 Å². The third kappa shape index (κ3) is 2.11. The van der Waals surface area contributed by atoms with Crippen molar-refractivity contribution >= 4 is 21.8 Å². The van der Waals surface area contributed by atoms with Crippen LogP contribution in [0.3, 0.4) is 0 Å². The minimum absolute atomic E-state index is 0.136. The highest BCUT2D eigenvalue weighted by Gasteiger charge is 2.51. The summed E-state index contributed by atoms with van der Waals surface area (Å²) in [5.74, 6) is 2.39. The number of rotatable bonds is 3. The fourth-order valence-corrected chi connectivity index (χ4v) is 5.23. The highest BCUT2D eigenvalue weighted by atomic mass is 32.2. The normalized spacial score (nSPS) is 23.1. The van der Waals surface area contributed by atoms with Gasteiger partial charge in [-0.15, -0.1) is 0 Å². The van der Waals surface area contributed by atoms with Gasteiger partial charge in [0, 0.05) is 30.0 Å². The summed E-state index contributed by atoms with van der Waals surface area (Å²) in [7, 11) is -3.10. The molecule has 0 radical (unpaired) electrons. The minimum Gasteiger partial charge on any atom is -0.212 e. The second kappa shape index (κ2) is 4.00. The van der Waals surface area contributed by atoms with Gasteiger partial charge in [-0.1, -0.05) is 30.3 Å². The van der Waals surface area contributed by atoms with Crippen LogP contribution >= 0.6 is 11.8 Å². The van der Waals surface area contributed by atoms with Crippen molar-refractivity contribution in [2.24, 2.45) is 5.41 Å². The first-order valence-corrected chi connectivity index (χ1v) is 8.46. The monoisotopic (exact) mass is 269 g/mol. The van der Waals surface area contributed by atoms with E-state index in [0.29, 0.717) is 5.41 Å². The summed E-state index contributed by atoms with van der Waals surface area (Å²) in [5, 5.41) is 0. The Hall–Kier alpha value is -0.520. The highest BCUT2D eigenvalue weighted by Crippen LogP contribution is 2.46. The third-order valence-corrected chi connectivity index (χ3v) is 6.80. The number of hydrogen-bond donors (Lipinski definition) is 0. The lowest BCUT2D eigenvalue weighted by Gasteiger charge is -2.54. The second-order valence-corrected chi connectivity index (χ2v) is 7.96. The minimum atomic E-state index is -3.10. The van der Waals surface area contributed by atoms with Gasteiger partial charge in [0.2, 0.25) is 10.0 Å². The molecule has 1 aromatic carbocycles. The molecule has 2 aliphatic heterocycles. The first-order chi connectivity index (χ1) is 8.10. The van der Waals surface area contributed by atoms with E-state index in [1.165, 1.54) is 0 Å². The lowest BCUT2D eigenvalue weighted by Crippen LogP contribution is -2.64.